The van der Waals surface area contributed by atoms with Crippen LogP contribution < -0.4 is 14.2 Å². The summed E-state index contributed by atoms with van der Waals surface area (Å²) in [6.07, 6.45) is 14.7. The molecule has 0 N–H and O–H groups in total. The van der Waals surface area contributed by atoms with Crippen molar-refractivity contribution in [3.8, 4) is 17.2 Å². The van der Waals surface area contributed by atoms with Gasteiger partial charge in [0.1, 0.15) is 0 Å². The normalized spacial score (nSPS) is 10.7. The Bertz CT molecular complexity index is 641. The molecule has 0 fully saturated rings. The van der Waals surface area contributed by atoms with Crippen LogP contribution >= 0.6 is 0 Å². The molecule has 0 radical (unpaired) electrons. The predicted octanol–water partition coefficient (Wildman–Crippen LogP) is 7.79. The van der Waals surface area contributed by atoms with Gasteiger partial charge in [-0.1, -0.05) is 91.0 Å². The Balaban J connectivity index is 2.72. The zero-order chi connectivity index (χ0) is 23.4. The molecule has 32 heavy (non-hydrogen) atoms. The zero-order valence-corrected chi connectivity index (χ0v) is 20.6. The van der Waals surface area contributed by atoms with Crippen molar-refractivity contribution in [3.63, 3.8) is 0 Å². The highest BCUT2D eigenvalue weighted by atomic mass is 16.6. The molecule has 0 aliphatic rings. The lowest BCUT2D eigenvalue weighted by molar-refractivity contribution is -0.137. The van der Waals surface area contributed by atoms with Gasteiger partial charge in [-0.05, 0) is 31.4 Å². The first kappa shape index (κ1) is 28.0. The first-order chi connectivity index (χ1) is 15.6. The fourth-order valence-electron chi connectivity index (χ4n) is 3.41. The van der Waals surface area contributed by atoms with E-state index in [0.29, 0.717) is 25.2 Å². The molecule has 1 aromatic carbocycles. The van der Waals surface area contributed by atoms with E-state index in [-0.39, 0.29) is 23.4 Å². The molecule has 0 saturated heterocycles. The number of rotatable bonds is 19. The van der Waals surface area contributed by atoms with Crippen molar-refractivity contribution in [3.05, 3.63) is 18.2 Å². The fourth-order valence-corrected chi connectivity index (χ4v) is 3.41. The Labute approximate surface area is 195 Å². The topological polar surface area (TPSA) is 61.8 Å². The average Bonchev–Trinajstić information content (AvgIpc) is 2.78. The third kappa shape index (κ3) is 12.7. The highest BCUT2D eigenvalue weighted by Gasteiger charge is 2.19. The summed E-state index contributed by atoms with van der Waals surface area (Å²) >= 11 is 0. The monoisotopic (exact) mass is 448 g/mol. The van der Waals surface area contributed by atoms with E-state index in [2.05, 4.69) is 20.8 Å². The maximum Gasteiger partial charge on any atom is 0.311 e. The number of esters is 2. The first-order valence-electron chi connectivity index (χ1n) is 12.8. The Morgan fingerprint density at radius 3 is 1.75 bits per heavy atom. The molecule has 0 spiro atoms. The summed E-state index contributed by atoms with van der Waals surface area (Å²) in [5.41, 5.74) is 0. The van der Waals surface area contributed by atoms with Crippen LogP contribution in [0, 0.1) is 0 Å². The Hall–Kier alpha value is -2.04. The lowest BCUT2D eigenvalue weighted by Crippen LogP contribution is -2.13. The van der Waals surface area contributed by atoms with E-state index in [1.165, 1.54) is 32.1 Å². The molecule has 1 rings (SSSR count). The van der Waals surface area contributed by atoms with E-state index in [4.69, 9.17) is 14.2 Å². The zero-order valence-electron chi connectivity index (χ0n) is 20.6. The quantitative estimate of drug-likeness (QED) is 0.123. The maximum absolute atomic E-state index is 12.4. The number of carbonyl (C=O) groups excluding carboxylic acids is 2. The first-order valence-corrected chi connectivity index (χ1v) is 12.8. The van der Waals surface area contributed by atoms with E-state index in [0.717, 1.165) is 51.4 Å². The van der Waals surface area contributed by atoms with Gasteiger partial charge in [-0.2, -0.15) is 0 Å². The van der Waals surface area contributed by atoms with Gasteiger partial charge < -0.3 is 14.2 Å². The number of para-hydroxylation sites is 1. The molecule has 5 nitrogen and oxygen atoms in total. The molecule has 1 aromatic rings. The van der Waals surface area contributed by atoms with Crippen molar-refractivity contribution in [1.29, 1.82) is 0 Å². The molecule has 0 aliphatic carbocycles. The van der Waals surface area contributed by atoms with Crippen molar-refractivity contribution in [2.24, 2.45) is 0 Å². The standard InChI is InChI=1S/C27H44O5/c1-4-7-10-11-12-13-16-22-30-23-18-17-19-24(31-25(28)20-14-8-5-2)27(23)32-26(29)21-15-9-6-3/h17-19H,4-16,20-22H2,1-3H3. The summed E-state index contributed by atoms with van der Waals surface area (Å²) in [5, 5.41) is 0. The minimum atomic E-state index is -0.325. The van der Waals surface area contributed by atoms with Gasteiger partial charge in [0, 0.05) is 12.8 Å². The highest BCUT2D eigenvalue weighted by molar-refractivity contribution is 5.77. The summed E-state index contributed by atoms with van der Waals surface area (Å²) in [6.45, 7) is 6.95. The summed E-state index contributed by atoms with van der Waals surface area (Å²) in [4.78, 5) is 24.6. The van der Waals surface area contributed by atoms with Gasteiger partial charge in [0.15, 0.2) is 11.5 Å². The lowest BCUT2D eigenvalue weighted by Gasteiger charge is -2.15. The third-order valence-corrected chi connectivity index (χ3v) is 5.36. The molecule has 0 amide bonds. The van der Waals surface area contributed by atoms with Crippen molar-refractivity contribution >= 4 is 11.9 Å². The number of hydrogen-bond donors (Lipinski definition) is 0. The lowest BCUT2D eigenvalue weighted by atomic mass is 10.1. The second-order valence-electron chi connectivity index (χ2n) is 8.42. The van der Waals surface area contributed by atoms with E-state index in [1.807, 2.05) is 0 Å². The molecule has 0 unspecified atom stereocenters. The largest absolute Gasteiger partial charge is 0.490 e. The van der Waals surface area contributed by atoms with Crippen molar-refractivity contribution in [2.75, 3.05) is 6.61 Å². The van der Waals surface area contributed by atoms with E-state index in [9.17, 15) is 9.59 Å². The number of unbranched alkanes of at least 4 members (excludes halogenated alkanes) is 10. The number of carbonyl (C=O) groups is 2. The Morgan fingerprint density at radius 2 is 1.12 bits per heavy atom. The molecule has 0 bridgehead atoms. The summed E-state index contributed by atoms with van der Waals surface area (Å²) < 4.78 is 17.1. The number of hydrogen-bond acceptors (Lipinski definition) is 5. The van der Waals surface area contributed by atoms with E-state index in [1.54, 1.807) is 18.2 Å². The second-order valence-corrected chi connectivity index (χ2v) is 8.42. The summed E-state index contributed by atoms with van der Waals surface area (Å²) in [5.74, 6) is 0.298. The molecule has 182 valence electrons. The summed E-state index contributed by atoms with van der Waals surface area (Å²) in [6, 6.07) is 5.19. The molecular weight excluding hydrogens is 404 g/mol. The number of ether oxygens (including phenoxy) is 3. The van der Waals surface area contributed by atoms with Crippen LogP contribution in [-0.2, 0) is 9.59 Å². The minimum absolute atomic E-state index is 0.223. The van der Waals surface area contributed by atoms with Crippen LogP contribution in [-0.4, -0.2) is 18.5 Å². The molecule has 0 atom stereocenters. The van der Waals surface area contributed by atoms with Crippen LogP contribution in [0.3, 0.4) is 0 Å². The van der Waals surface area contributed by atoms with Gasteiger partial charge in [-0.3, -0.25) is 9.59 Å². The van der Waals surface area contributed by atoms with Crippen molar-refractivity contribution in [2.45, 2.75) is 117 Å². The smallest absolute Gasteiger partial charge is 0.311 e. The van der Waals surface area contributed by atoms with Crippen LogP contribution in [0.5, 0.6) is 17.2 Å². The Morgan fingerprint density at radius 1 is 0.625 bits per heavy atom. The van der Waals surface area contributed by atoms with E-state index >= 15 is 0 Å². The third-order valence-electron chi connectivity index (χ3n) is 5.36. The van der Waals surface area contributed by atoms with Crippen molar-refractivity contribution in [1.82, 2.24) is 0 Å². The average molecular weight is 449 g/mol. The molecule has 0 aromatic heterocycles. The van der Waals surface area contributed by atoms with Crippen LogP contribution in [0.15, 0.2) is 18.2 Å². The van der Waals surface area contributed by atoms with Crippen LogP contribution in [0.25, 0.3) is 0 Å². The van der Waals surface area contributed by atoms with Gasteiger partial charge in [0.25, 0.3) is 0 Å². The summed E-state index contributed by atoms with van der Waals surface area (Å²) in [7, 11) is 0. The van der Waals surface area contributed by atoms with E-state index < -0.39 is 0 Å². The SMILES string of the molecule is CCCCCCCCCOc1cccc(OC(=O)CCCCC)c1OC(=O)CCCCC. The minimum Gasteiger partial charge on any atom is -0.490 e. The molecule has 0 heterocycles. The van der Waals surface area contributed by atoms with Gasteiger partial charge in [0.2, 0.25) is 5.75 Å². The molecular formula is C27H44O5. The van der Waals surface area contributed by atoms with Crippen LogP contribution in [0.1, 0.15) is 117 Å². The van der Waals surface area contributed by atoms with Gasteiger partial charge in [-0.25, -0.2) is 0 Å². The van der Waals surface area contributed by atoms with Gasteiger partial charge in [0.05, 0.1) is 6.61 Å². The second kappa shape index (κ2) is 18.5. The van der Waals surface area contributed by atoms with Gasteiger partial charge >= 0.3 is 11.9 Å². The Kier molecular flexibility index (Phi) is 16.2. The van der Waals surface area contributed by atoms with Crippen LogP contribution in [0.4, 0.5) is 0 Å². The van der Waals surface area contributed by atoms with Crippen molar-refractivity contribution < 1.29 is 23.8 Å². The molecule has 0 aliphatic heterocycles. The molecule has 0 saturated carbocycles. The maximum atomic E-state index is 12.4. The molecule has 5 heteroatoms. The fraction of sp³-hybridized carbons (Fsp3) is 0.704. The number of benzene rings is 1. The van der Waals surface area contributed by atoms with Crippen LogP contribution in [0.2, 0.25) is 0 Å². The van der Waals surface area contributed by atoms with Gasteiger partial charge in [-0.15, -0.1) is 0 Å². The predicted molar refractivity (Wildman–Crippen MR) is 129 cm³/mol. The highest BCUT2D eigenvalue weighted by Crippen LogP contribution is 2.38.